The fourth-order valence-corrected chi connectivity index (χ4v) is 3.25. The van der Waals surface area contributed by atoms with E-state index in [4.69, 9.17) is 0 Å². The fourth-order valence-electron chi connectivity index (χ4n) is 3.25. The van der Waals surface area contributed by atoms with Gasteiger partial charge in [-0.15, -0.1) is 0 Å². The molecule has 3 rings (SSSR count). The van der Waals surface area contributed by atoms with Gasteiger partial charge < -0.3 is 9.47 Å². The van der Waals surface area contributed by atoms with Gasteiger partial charge >= 0.3 is 6.18 Å². The van der Waals surface area contributed by atoms with Gasteiger partial charge in [0.25, 0.3) is 0 Å². The number of ketones is 1. The molecule has 0 bridgehead atoms. The van der Waals surface area contributed by atoms with Gasteiger partial charge in [-0.2, -0.15) is 18.3 Å². The van der Waals surface area contributed by atoms with Gasteiger partial charge in [0.15, 0.2) is 11.5 Å². The molecule has 6 nitrogen and oxygen atoms in total. The summed E-state index contributed by atoms with van der Waals surface area (Å²) >= 11 is 0. The molecule has 160 valence electrons. The van der Waals surface area contributed by atoms with E-state index in [-0.39, 0.29) is 23.8 Å². The number of hydrogen-bond donors (Lipinski definition) is 0. The molecule has 0 aliphatic rings. The summed E-state index contributed by atoms with van der Waals surface area (Å²) in [5.41, 5.74) is 0.194. The number of Topliss-reactive ketones (excluding diaryl/α,β-unsaturated/α-hetero) is 1. The molecule has 3 aromatic rings. The molecule has 0 fully saturated rings. The van der Waals surface area contributed by atoms with Crippen molar-refractivity contribution in [1.29, 1.82) is 0 Å². The first kappa shape index (κ1) is 21.5. The van der Waals surface area contributed by atoms with Crippen molar-refractivity contribution >= 4 is 11.6 Å². The van der Waals surface area contributed by atoms with Crippen LogP contribution in [0.25, 0.3) is 5.69 Å². The molecule has 0 saturated heterocycles. The third-order valence-corrected chi connectivity index (χ3v) is 4.77. The Morgan fingerprint density at radius 2 is 1.83 bits per heavy atom. The van der Waals surface area contributed by atoms with E-state index in [9.17, 15) is 22.4 Å². The molecule has 0 N–H and O–H groups in total. The Hall–Kier alpha value is -3.17. The van der Waals surface area contributed by atoms with E-state index in [2.05, 4.69) is 10.1 Å². The molecule has 0 saturated carbocycles. The second-order valence-corrected chi connectivity index (χ2v) is 7.17. The van der Waals surface area contributed by atoms with Crippen LogP contribution in [0.4, 0.5) is 23.4 Å². The average molecular weight is 423 g/mol. The molecule has 0 radical (unpaired) electrons. The summed E-state index contributed by atoms with van der Waals surface area (Å²) < 4.78 is 54.8. The molecule has 30 heavy (non-hydrogen) atoms. The van der Waals surface area contributed by atoms with Crippen LogP contribution in [0.15, 0.2) is 36.7 Å². The van der Waals surface area contributed by atoms with Crippen LogP contribution in [0, 0.1) is 12.7 Å². The number of aromatic nitrogens is 4. The fraction of sp³-hybridized carbons (Fsp3) is 0.350. The van der Waals surface area contributed by atoms with Crippen LogP contribution < -0.4 is 4.90 Å². The first-order valence-electron chi connectivity index (χ1n) is 9.14. The van der Waals surface area contributed by atoms with Crippen LogP contribution in [-0.4, -0.2) is 39.2 Å². The maximum Gasteiger partial charge on any atom is 0.434 e. The molecule has 10 heteroatoms. The summed E-state index contributed by atoms with van der Waals surface area (Å²) in [6, 6.07) is 4.92. The van der Waals surface area contributed by atoms with Crippen molar-refractivity contribution in [2.75, 3.05) is 19.0 Å². The van der Waals surface area contributed by atoms with Crippen molar-refractivity contribution in [1.82, 2.24) is 19.3 Å². The molecular formula is C20H21F4N5O. The third kappa shape index (κ3) is 4.22. The second-order valence-electron chi connectivity index (χ2n) is 7.17. The van der Waals surface area contributed by atoms with Crippen LogP contribution in [-0.2, 0) is 17.4 Å². The highest BCUT2D eigenvalue weighted by molar-refractivity contribution is 5.85. The van der Waals surface area contributed by atoms with Gasteiger partial charge in [-0.3, -0.25) is 4.79 Å². The summed E-state index contributed by atoms with van der Waals surface area (Å²) in [6.45, 7) is 2.97. The summed E-state index contributed by atoms with van der Waals surface area (Å²) in [4.78, 5) is 18.1. The zero-order chi connectivity index (χ0) is 22.2. The number of aryl methyl sites for hydroxylation is 1. The Labute approximate surface area is 170 Å². The van der Waals surface area contributed by atoms with Crippen molar-refractivity contribution in [2.24, 2.45) is 0 Å². The normalized spacial score (nSPS) is 12.8. The van der Waals surface area contributed by atoms with Crippen LogP contribution in [0.5, 0.6) is 0 Å². The van der Waals surface area contributed by atoms with Crippen molar-refractivity contribution in [3.8, 4) is 5.69 Å². The number of hydrogen-bond acceptors (Lipinski definition) is 4. The number of carbonyl (C=O) groups is 1. The van der Waals surface area contributed by atoms with E-state index in [0.29, 0.717) is 17.1 Å². The highest BCUT2D eigenvalue weighted by Crippen LogP contribution is 2.30. The SMILES string of the molecule is Cc1nc(C(F)(F)F)cn1C(C)C(=O)Cc1cnn(-c2ccc(F)cc2)c1N(C)C. The molecule has 1 atom stereocenters. The number of imidazole rings is 1. The molecule has 0 aliphatic heterocycles. The lowest BCUT2D eigenvalue weighted by Gasteiger charge is -2.18. The van der Waals surface area contributed by atoms with Gasteiger partial charge in [-0.25, -0.2) is 14.1 Å². The maximum absolute atomic E-state index is 13.2. The Morgan fingerprint density at radius 3 is 2.37 bits per heavy atom. The molecule has 2 heterocycles. The zero-order valence-corrected chi connectivity index (χ0v) is 16.9. The number of anilines is 1. The van der Waals surface area contributed by atoms with Gasteiger partial charge in [0, 0.05) is 32.3 Å². The van der Waals surface area contributed by atoms with Crippen molar-refractivity contribution in [3.05, 3.63) is 59.6 Å². The Balaban J connectivity index is 1.88. The van der Waals surface area contributed by atoms with Crippen molar-refractivity contribution < 1.29 is 22.4 Å². The lowest BCUT2D eigenvalue weighted by molar-refractivity contribution is -0.141. The van der Waals surface area contributed by atoms with E-state index in [1.807, 2.05) is 0 Å². The first-order valence-corrected chi connectivity index (χ1v) is 9.14. The molecule has 2 aromatic heterocycles. The van der Waals surface area contributed by atoms with Gasteiger partial charge in [-0.05, 0) is 38.1 Å². The second kappa shape index (κ2) is 7.92. The number of alkyl halides is 3. The number of nitrogens with zero attached hydrogens (tertiary/aromatic N) is 5. The lowest BCUT2D eigenvalue weighted by Crippen LogP contribution is -2.21. The average Bonchev–Trinajstić information content (AvgIpc) is 3.25. The van der Waals surface area contributed by atoms with Gasteiger partial charge in [-0.1, -0.05) is 0 Å². The van der Waals surface area contributed by atoms with Crippen molar-refractivity contribution in [2.45, 2.75) is 32.5 Å². The third-order valence-electron chi connectivity index (χ3n) is 4.77. The summed E-state index contributed by atoms with van der Waals surface area (Å²) in [7, 11) is 3.56. The summed E-state index contributed by atoms with van der Waals surface area (Å²) in [5.74, 6) is 0.0694. The Bertz CT molecular complexity index is 1050. The molecule has 0 spiro atoms. The van der Waals surface area contributed by atoms with E-state index >= 15 is 0 Å². The number of carbonyl (C=O) groups excluding carboxylic acids is 1. The van der Waals surface area contributed by atoms with Crippen molar-refractivity contribution in [3.63, 3.8) is 0 Å². The van der Waals surface area contributed by atoms with Crippen LogP contribution >= 0.6 is 0 Å². The topological polar surface area (TPSA) is 56.0 Å². The predicted octanol–water partition coefficient (Wildman–Crippen LogP) is 3.97. The van der Waals surface area contributed by atoms with Crippen LogP contribution in [0.1, 0.15) is 30.0 Å². The van der Waals surface area contributed by atoms with Gasteiger partial charge in [0.05, 0.1) is 17.9 Å². The largest absolute Gasteiger partial charge is 0.434 e. The number of rotatable bonds is 6. The van der Waals surface area contributed by atoms with Gasteiger partial charge in [0.2, 0.25) is 0 Å². The highest BCUT2D eigenvalue weighted by Gasteiger charge is 2.35. The number of halogens is 4. The predicted molar refractivity (Wildman–Crippen MR) is 103 cm³/mol. The Morgan fingerprint density at radius 1 is 1.20 bits per heavy atom. The zero-order valence-electron chi connectivity index (χ0n) is 16.9. The highest BCUT2D eigenvalue weighted by atomic mass is 19.4. The lowest BCUT2D eigenvalue weighted by atomic mass is 10.1. The minimum Gasteiger partial charge on any atom is -0.362 e. The Kier molecular flexibility index (Phi) is 5.69. The van der Waals surface area contributed by atoms with Gasteiger partial charge in [0.1, 0.15) is 17.5 Å². The first-order chi connectivity index (χ1) is 14.0. The van der Waals surface area contributed by atoms with E-state index < -0.39 is 17.9 Å². The maximum atomic E-state index is 13.2. The quantitative estimate of drug-likeness (QED) is 0.563. The van der Waals surface area contributed by atoms with E-state index in [0.717, 1.165) is 6.20 Å². The standard InChI is InChI=1S/C20H21F4N5O/c1-12(28-11-18(20(22,23)24)26-13(28)2)17(30)9-14-10-25-29(19(14)27(3)4)16-7-5-15(21)6-8-16/h5-8,10-12H,9H2,1-4H3. The molecule has 0 aliphatic carbocycles. The number of benzene rings is 1. The summed E-state index contributed by atoms with van der Waals surface area (Å²) in [6.07, 6.45) is -2.22. The smallest absolute Gasteiger partial charge is 0.362 e. The van der Waals surface area contributed by atoms with E-state index in [1.165, 1.54) is 36.7 Å². The minimum atomic E-state index is -4.58. The molecule has 1 aromatic carbocycles. The molecule has 0 amide bonds. The minimum absolute atomic E-state index is 0.0329. The monoisotopic (exact) mass is 423 g/mol. The van der Waals surface area contributed by atoms with E-state index in [1.54, 1.807) is 35.8 Å². The molecule has 1 unspecified atom stereocenters. The molecular weight excluding hydrogens is 402 g/mol. The van der Waals surface area contributed by atoms with Crippen LogP contribution in [0.3, 0.4) is 0 Å². The summed E-state index contributed by atoms with van der Waals surface area (Å²) in [5, 5.41) is 4.31. The van der Waals surface area contributed by atoms with Crippen LogP contribution in [0.2, 0.25) is 0 Å².